The van der Waals surface area contributed by atoms with E-state index in [1.54, 1.807) is 33.7 Å². The second-order valence-corrected chi connectivity index (χ2v) is 6.46. The fraction of sp³-hybridized carbons (Fsp3) is 0.182. The standard InChI is InChI=1S/C22H22N4O3/c1-26-17-7-9-24-22(16(17)12-18(26)14-6-5-8-23-13-14)25-15-10-19(27-2)21(29-4)20(11-15)28-3/h5-13H,1-4H3,(H,24,25). The summed E-state index contributed by atoms with van der Waals surface area (Å²) in [6.45, 7) is 0. The molecule has 148 valence electrons. The fourth-order valence-corrected chi connectivity index (χ4v) is 3.44. The molecule has 7 heteroatoms. The molecule has 0 unspecified atom stereocenters. The van der Waals surface area contributed by atoms with E-state index in [9.17, 15) is 0 Å². The van der Waals surface area contributed by atoms with Crippen LogP contribution < -0.4 is 19.5 Å². The minimum atomic E-state index is 0.547. The van der Waals surface area contributed by atoms with Gasteiger partial charge in [-0.15, -0.1) is 0 Å². The molecule has 0 saturated carbocycles. The molecular weight excluding hydrogens is 368 g/mol. The van der Waals surface area contributed by atoms with Crippen LogP contribution in [0.1, 0.15) is 0 Å². The molecule has 0 amide bonds. The summed E-state index contributed by atoms with van der Waals surface area (Å²) in [6.07, 6.45) is 5.41. The van der Waals surface area contributed by atoms with Crippen molar-refractivity contribution >= 4 is 22.4 Å². The van der Waals surface area contributed by atoms with Gasteiger partial charge in [-0.2, -0.15) is 0 Å². The van der Waals surface area contributed by atoms with Crippen LogP contribution in [0.4, 0.5) is 11.5 Å². The van der Waals surface area contributed by atoms with Gasteiger partial charge >= 0.3 is 0 Å². The highest BCUT2D eigenvalue weighted by molar-refractivity contribution is 5.96. The molecule has 3 aromatic heterocycles. The van der Waals surface area contributed by atoms with E-state index in [0.717, 1.165) is 33.7 Å². The summed E-state index contributed by atoms with van der Waals surface area (Å²) in [6, 6.07) is 11.8. The Bertz CT molecular complexity index is 1130. The fourth-order valence-electron chi connectivity index (χ4n) is 3.44. The third-order valence-corrected chi connectivity index (χ3v) is 4.86. The molecule has 3 heterocycles. The third kappa shape index (κ3) is 3.31. The molecule has 1 aromatic carbocycles. The Kier molecular flexibility index (Phi) is 4.95. The average Bonchev–Trinajstić information content (AvgIpc) is 3.11. The minimum Gasteiger partial charge on any atom is -0.493 e. The van der Waals surface area contributed by atoms with Crippen LogP contribution in [0.3, 0.4) is 0 Å². The van der Waals surface area contributed by atoms with Gasteiger partial charge < -0.3 is 24.1 Å². The van der Waals surface area contributed by atoms with Crippen molar-refractivity contribution in [3.63, 3.8) is 0 Å². The largest absolute Gasteiger partial charge is 0.493 e. The highest BCUT2D eigenvalue weighted by atomic mass is 16.5. The first kappa shape index (κ1) is 18.6. The second-order valence-electron chi connectivity index (χ2n) is 6.46. The van der Waals surface area contributed by atoms with Crippen LogP contribution in [-0.4, -0.2) is 35.9 Å². The van der Waals surface area contributed by atoms with E-state index < -0.39 is 0 Å². The molecule has 7 nitrogen and oxygen atoms in total. The maximum atomic E-state index is 5.45. The predicted octanol–water partition coefficient (Wildman–Crippen LogP) is 4.40. The number of rotatable bonds is 6. The zero-order chi connectivity index (χ0) is 20.4. The van der Waals surface area contributed by atoms with Gasteiger partial charge in [-0.3, -0.25) is 4.98 Å². The Hall–Kier alpha value is -3.74. The van der Waals surface area contributed by atoms with E-state index in [4.69, 9.17) is 14.2 Å². The molecule has 0 spiro atoms. The first-order chi connectivity index (χ1) is 14.2. The molecule has 0 radical (unpaired) electrons. The number of benzene rings is 1. The quantitative estimate of drug-likeness (QED) is 0.526. The maximum Gasteiger partial charge on any atom is 0.203 e. The molecule has 0 saturated heterocycles. The van der Waals surface area contributed by atoms with E-state index in [0.29, 0.717) is 17.2 Å². The summed E-state index contributed by atoms with van der Waals surface area (Å²) in [5.41, 5.74) is 3.96. The van der Waals surface area contributed by atoms with E-state index in [2.05, 4.69) is 25.9 Å². The van der Waals surface area contributed by atoms with Gasteiger partial charge in [0, 0.05) is 54.4 Å². The van der Waals surface area contributed by atoms with Crippen LogP contribution >= 0.6 is 0 Å². The molecule has 0 aliphatic rings. The lowest BCUT2D eigenvalue weighted by Crippen LogP contribution is -1.99. The predicted molar refractivity (Wildman–Crippen MR) is 113 cm³/mol. The van der Waals surface area contributed by atoms with Gasteiger partial charge in [0.15, 0.2) is 11.5 Å². The molecule has 0 aliphatic heterocycles. The van der Waals surface area contributed by atoms with Gasteiger partial charge in [0.05, 0.1) is 32.5 Å². The van der Waals surface area contributed by atoms with Crippen LogP contribution in [0.15, 0.2) is 55.0 Å². The Morgan fingerprint density at radius 3 is 2.31 bits per heavy atom. The Labute approximate surface area is 168 Å². The van der Waals surface area contributed by atoms with Crippen molar-refractivity contribution in [3.8, 4) is 28.5 Å². The van der Waals surface area contributed by atoms with Crippen LogP contribution in [0, 0.1) is 0 Å². The van der Waals surface area contributed by atoms with E-state index in [1.165, 1.54) is 0 Å². The van der Waals surface area contributed by atoms with Crippen molar-refractivity contribution in [2.75, 3.05) is 26.6 Å². The summed E-state index contributed by atoms with van der Waals surface area (Å²) >= 11 is 0. The number of fused-ring (bicyclic) bond motifs is 1. The van der Waals surface area contributed by atoms with Crippen molar-refractivity contribution in [1.29, 1.82) is 0 Å². The zero-order valence-corrected chi connectivity index (χ0v) is 16.8. The van der Waals surface area contributed by atoms with Crippen LogP contribution in [0.5, 0.6) is 17.2 Å². The van der Waals surface area contributed by atoms with Gasteiger partial charge in [0.1, 0.15) is 5.82 Å². The van der Waals surface area contributed by atoms with Crippen molar-refractivity contribution in [1.82, 2.24) is 14.5 Å². The van der Waals surface area contributed by atoms with Crippen LogP contribution in [0.25, 0.3) is 22.2 Å². The molecule has 0 aliphatic carbocycles. The molecule has 0 bridgehead atoms. The molecule has 4 aromatic rings. The lowest BCUT2D eigenvalue weighted by atomic mass is 10.2. The normalized spacial score (nSPS) is 10.8. The first-order valence-electron chi connectivity index (χ1n) is 9.08. The molecule has 4 rings (SSSR count). The van der Waals surface area contributed by atoms with Gasteiger partial charge in [-0.1, -0.05) is 0 Å². The number of pyridine rings is 2. The Morgan fingerprint density at radius 2 is 1.69 bits per heavy atom. The minimum absolute atomic E-state index is 0.547. The molecule has 0 fully saturated rings. The van der Waals surface area contributed by atoms with E-state index in [-0.39, 0.29) is 0 Å². The first-order valence-corrected chi connectivity index (χ1v) is 9.08. The summed E-state index contributed by atoms with van der Waals surface area (Å²) in [5.74, 6) is 2.43. The topological polar surface area (TPSA) is 70.4 Å². The van der Waals surface area contributed by atoms with Gasteiger partial charge in [0.2, 0.25) is 5.75 Å². The summed E-state index contributed by atoms with van der Waals surface area (Å²) in [4.78, 5) is 8.78. The number of methoxy groups -OCH3 is 3. The van der Waals surface area contributed by atoms with E-state index >= 15 is 0 Å². The lowest BCUT2D eigenvalue weighted by Gasteiger charge is -2.15. The number of anilines is 2. The molecule has 1 N–H and O–H groups in total. The van der Waals surface area contributed by atoms with Crippen LogP contribution in [0.2, 0.25) is 0 Å². The number of nitrogens with zero attached hydrogens (tertiary/aromatic N) is 3. The Morgan fingerprint density at radius 1 is 0.931 bits per heavy atom. The number of ether oxygens (including phenoxy) is 3. The monoisotopic (exact) mass is 390 g/mol. The number of hydrogen-bond acceptors (Lipinski definition) is 6. The third-order valence-electron chi connectivity index (χ3n) is 4.86. The van der Waals surface area contributed by atoms with Crippen molar-refractivity contribution in [3.05, 3.63) is 55.0 Å². The SMILES string of the molecule is COc1cc(Nc2nccc3c2cc(-c2cccnc2)n3C)cc(OC)c1OC. The van der Waals surface area contributed by atoms with Crippen LogP contribution in [-0.2, 0) is 7.05 Å². The highest BCUT2D eigenvalue weighted by Crippen LogP contribution is 2.41. The molecule has 29 heavy (non-hydrogen) atoms. The highest BCUT2D eigenvalue weighted by Gasteiger charge is 2.16. The maximum absolute atomic E-state index is 5.45. The number of nitrogens with one attached hydrogen (secondary N) is 1. The summed E-state index contributed by atoms with van der Waals surface area (Å²) < 4.78 is 18.4. The van der Waals surface area contributed by atoms with Gasteiger partial charge in [0.25, 0.3) is 0 Å². The second kappa shape index (κ2) is 7.71. The molecular formula is C22H22N4O3. The number of aromatic nitrogens is 3. The van der Waals surface area contributed by atoms with Gasteiger partial charge in [-0.25, -0.2) is 4.98 Å². The molecule has 0 atom stereocenters. The van der Waals surface area contributed by atoms with Crippen molar-refractivity contribution in [2.24, 2.45) is 7.05 Å². The average molecular weight is 390 g/mol. The smallest absolute Gasteiger partial charge is 0.203 e. The number of aryl methyl sites for hydroxylation is 1. The van der Waals surface area contributed by atoms with Crippen molar-refractivity contribution in [2.45, 2.75) is 0 Å². The Balaban J connectivity index is 1.80. The van der Waals surface area contributed by atoms with E-state index in [1.807, 2.05) is 43.6 Å². The lowest BCUT2D eigenvalue weighted by molar-refractivity contribution is 0.324. The number of hydrogen-bond donors (Lipinski definition) is 1. The summed E-state index contributed by atoms with van der Waals surface area (Å²) in [7, 11) is 6.81. The van der Waals surface area contributed by atoms with Crippen molar-refractivity contribution < 1.29 is 14.2 Å². The zero-order valence-electron chi connectivity index (χ0n) is 16.8. The summed E-state index contributed by atoms with van der Waals surface area (Å²) in [5, 5.41) is 4.39. The van der Waals surface area contributed by atoms with Gasteiger partial charge in [-0.05, 0) is 24.3 Å².